The van der Waals surface area contributed by atoms with Crippen molar-refractivity contribution in [3.05, 3.63) is 34.9 Å². The van der Waals surface area contributed by atoms with Gasteiger partial charge in [0.15, 0.2) is 0 Å². The van der Waals surface area contributed by atoms with Crippen LogP contribution in [-0.2, 0) is 4.79 Å². The molecular weight excluding hydrogens is 274 g/mol. The highest BCUT2D eigenvalue weighted by atomic mass is 35.5. The molecule has 4 N–H and O–H groups in total. The van der Waals surface area contributed by atoms with E-state index in [1.807, 2.05) is 36.1 Å². The fourth-order valence-electron chi connectivity index (χ4n) is 2.41. The van der Waals surface area contributed by atoms with Crippen LogP contribution in [0.1, 0.15) is 38.3 Å². The highest BCUT2D eigenvalue weighted by molar-refractivity contribution is 6.31. The highest BCUT2D eigenvalue weighted by Crippen LogP contribution is 2.29. The lowest BCUT2D eigenvalue weighted by molar-refractivity contribution is -0.119. The first-order chi connectivity index (χ1) is 9.47. The molecule has 112 valence electrons. The number of primary amides is 1. The van der Waals surface area contributed by atoms with Crippen molar-refractivity contribution in [3.8, 4) is 0 Å². The van der Waals surface area contributed by atoms with Crippen LogP contribution in [0, 0.1) is 0 Å². The van der Waals surface area contributed by atoms with Crippen molar-refractivity contribution in [2.75, 3.05) is 13.1 Å². The molecule has 1 amide bonds. The molecule has 0 aliphatic carbocycles. The Bertz CT molecular complexity index is 437. The lowest BCUT2D eigenvalue weighted by atomic mass is 9.98. The Balaban J connectivity index is 3.07. The molecule has 0 saturated heterocycles. The molecule has 0 spiro atoms. The number of amides is 1. The summed E-state index contributed by atoms with van der Waals surface area (Å²) in [6.45, 7) is 5.00. The molecule has 0 bridgehead atoms. The normalized spacial score (nSPS) is 14.2. The van der Waals surface area contributed by atoms with Gasteiger partial charge >= 0.3 is 0 Å². The molecule has 1 rings (SSSR count). The van der Waals surface area contributed by atoms with E-state index in [1.54, 1.807) is 0 Å². The zero-order valence-electron chi connectivity index (χ0n) is 12.2. The van der Waals surface area contributed by atoms with Crippen molar-refractivity contribution in [2.45, 2.75) is 38.8 Å². The lowest BCUT2D eigenvalue weighted by Crippen LogP contribution is -2.44. The minimum atomic E-state index is -0.348. The molecular formula is C15H24ClN3O. The largest absolute Gasteiger partial charge is 0.369 e. The van der Waals surface area contributed by atoms with Crippen molar-refractivity contribution in [1.82, 2.24) is 4.90 Å². The zero-order valence-corrected chi connectivity index (χ0v) is 12.9. The third-order valence-electron chi connectivity index (χ3n) is 3.27. The first-order valence-electron chi connectivity index (χ1n) is 6.99. The molecule has 0 heterocycles. The SMILES string of the molecule is CCCCN(CC(N)=O)C(c1ccccc1Cl)C(C)N. The molecule has 0 aromatic heterocycles. The van der Waals surface area contributed by atoms with Crippen LogP contribution in [-0.4, -0.2) is 29.9 Å². The first kappa shape index (κ1) is 17.0. The lowest BCUT2D eigenvalue weighted by Gasteiger charge is -2.34. The van der Waals surface area contributed by atoms with E-state index in [4.69, 9.17) is 23.1 Å². The van der Waals surface area contributed by atoms with Gasteiger partial charge in [-0.15, -0.1) is 0 Å². The van der Waals surface area contributed by atoms with E-state index in [0.717, 1.165) is 24.9 Å². The molecule has 0 aliphatic rings. The Kier molecular flexibility index (Phi) is 6.99. The number of carbonyl (C=O) groups is 1. The van der Waals surface area contributed by atoms with E-state index < -0.39 is 0 Å². The predicted molar refractivity (Wildman–Crippen MR) is 83.5 cm³/mol. The van der Waals surface area contributed by atoms with Gasteiger partial charge in [0, 0.05) is 11.1 Å². The summed E-state index contributed by atoms with van der Waals surface area (Å²) in [6.07, 6.45) is 2.03. The van der Waals surface area contributed by atoms with Gasteiger partial charge in [0.2, 0.25) is 5.91 Å². The Morgan fingerprint density at radius 2 is 2.05 bits per heavy atom. The molecule has 2 atom stereocenters. The fourth-order valence-corrected chi connectivity index (χ4v) is 2.65. The second-order valence-corrected chi connectivity index (χ2v) is 5.52. The van der Waals surface area contributed by atoms with Gasteiger partial charge in [-0.25, -0.2) is 0 Å². The minimum absolute atomic E-state index is 0.109. The fraction of sp³-hybridized carbons (Fsp3) is 0.533. The van der Waals surface area contributed by atoms with Crippen molar-refractivity contribution in [2.24, 2.45) is 11.5 Å². The van der Waals surface area contributed by atoms with Gasteiger partial charge in [-0.3, -0.25) is 9.69 Å². The Morgan fingerprint density at radius 1 is 1.40 bits per heavy atom. The van der Waals surface area contributed by atoms with Crippen LogP contribution < -0.4 is 11.5 Å². The van der Waals surface area contributed by atoms with Gasteiger partial charge in [-0.1, -0.05) is 43.1 Å². The van der Waals surface area contributed by atoms with E-state index in [0.29, 0.717) is 5.02 Å². The summed E-state index contributed by atoms with van der Waals surface area (Å²) >= 11 is 6.28. The number of nitrogens with two attached hydrogens (primary N) is 2. The van der Waals surface area contributed by atoms with E-state index in [1.165, 1.54) is 0 Å². The van der Waals surface area contributed by atoms with E-state index in [2.05, 4.69) is 6.92 Å². The van der Waals surface area contributed by atoms with Crippen molar-refractivity contribution in [3.63, 3.8) is 0 Å². The second kappa shape index (κ2) is 8.25. The van der Waals surface area contributed by atoms with Crippen LogP contribution in [0.4, 0.5) is 0 Å². The number of carbonyl (C=O) groups excluding carboxylic acids is 1. The number of nitrogens with zero attached hydrogens (tertiary/aromatic N) is 1. The molecule has 4 nitrogen and oxygen atoms in total. The number of unbranched alkanes of at least 4 members (excludes halogenated alkanes) is 1. The topological polar surface area (TPSA) is 72.3 Å². The van der Waals surface area contributed by atoms with Crippen molar-refractivity contribution >= 4 is 17.5 Å². The van der Waals surface area contributed by atoms with Gasteiger partial charge < -0.3 is 11.5 Å². The number of halogens is 1. The van der Waals surface area contributed by atoms with E-state index in [9.17, 15) is 4.79 Å². The van der Waals surface area contributed by atoms with Crippen LogP contribution in [0.3, 0.4) is 0 Å². The summed E-state index contributed by atoms with van der Waals surface area (Å²) in [5.74, 6) is -0.348. The second-order valence-electron chi connectivity index (χ2n) is 5.12. The van der Waals surface area contributed by atoms with Crippen LogP contribution in [0.15, 0.2) is 24.3 Å². The van der Waals surface area contributed by atoms with Gasteiger partial charge in [0.1, 0.15) is 0 Å². The molecule has 5 heteroatoms. The number of benzene rings is 1. The smallest absolute Gasteiger partial charge is 0.231 e. The number of hydrogen-bond donors (Lipinski definition) is 2. The average Bonchev–Trinajstić information content (AvgIpc) is 2.37. The van der Waals surface area contributed by atoms with Crippen LogP contribution in [0.25, 0.3) is 0 Å². The number of rotatable bonds is 8. The quantitative estimate of drug-likeness (QED) is 0.773. The molecule has 2 unspecified atom stereocenters. The standard InChI is InChI=1S/C15H24ClN3O/c1-3-4-9-19(10-14(18)20)15(11(2)17)12-7-5-6-8-13(12)16/h5-8,11,15H,3-4,9-10,17H2,1-2H3,(H2,18,20). The Labute approximate surface area is 126 Å². The minimum Gasteiger partial charge on any atom is -0.369 e. The number of hydrogen-bond acceptors (Lipinski definition) is 3. The van der Waals surface area contributed by atoms with E-state index in [-0.39, 0.29) is 24.5 Å². The van der Waals surface area contributed by atoms with Crippen molar-refractivity contribution < 1.29 is 4.79 Å². The summed E-state index contributed by atoms with van der Waals surface area (Å²) < 4.78 is 0. The highest BCUT2D eigenvalue weighted by Gasteiger charge is 2.26. The van der Waals surface area contributed by atoms with Crippen LogP contribution in [0.2, 0.25) is 5.02 Å². The van der Waals surface area contributed by atoms with Crippen LogP contribution in [0.5, 0.6) is 0 Å². The van der Waals surface area contributed by atoms with Gasteiger partial charge in [-0.05, 0) is 31.5 Å². The molecule has 1 aromatic rings. The maximum Gasteiger partial charge on any atom is 0.231 e. The van der Waals surface area contributed by atoms with Gasteiger partial charge in [0.25, 0.3) is 0 Å². The monoisotopic (exact) mass is 297 g/mol. The van der Waals surface area contributed by atoms with Crippen molar-refractivity contribution in [1.29, 1.82) is 0 Å². The summed E-state index contributed by atoms with van der Waals surface area (Å²) in [6, 6.07) is 7.35. The summed E-state index contributed by atoms with van der Waals surface area (Å²) in [5.41, 5.74) is 12.4. The molecule has 0 radical (unpaired) electrons. The maximum atomic E-state index is 11.3. The maximum absolute atomic E-state index is 11.3. The molecule has 0 fully saturated rings. The summed E-state index contributed by atoms with van der Waals surface area (Å²) in [5, 5.41) is 0.667. The predicted octanol–water partition coefficient (Wildman–Crippen LogP) is 2.32. The zero-order chi connectivity index (χ0) is 15.1. The molecule has 0 saturated carbocycles. The van der Waals surface area contributed by atoms with Gasteiger partial charge in [-0.2, -0.15) is 0 Å². The summed E-state index contributed by atoms with van der Waals surface area (Å²) in [7, 11) is 0. The molecule has 1 aromatic carbocycles. The average molecular weight is 298 g/mol. The third kappa shape index (κ3) is 4.78. The van der Waals surface area contributed by atoms with Gasteiger partial charge in [0.05, 0.1) is 12.6 Å². The van der Waals surface area contributed by atoms with Crippen LogP contribution >= 0.6 is 11.6 Å². The molecule has 20 heavy (non-hydrogen) atoms. The van der Waals surface area contributed by atoms with E-state index >= 15 is 0 Å². The Morgan fingerprint density at radius 3 is 2.55 bits per heavy atom. The summed E-state index contributed by atoms with van der Waals surface area (Å²) in [4.78, 5) is 13.3. The third-order valence-corrected chi connectivity index (χ3v) is 3.62. The Hall–Kier alpha value is -1.10. The molecule has 0 aliphatic heterocycles. The first-order valence-corrected chi connectivity index (χ1v) is 7.37.